The average Bonchev–Trinajstić information content (AvgIpc) is 2.94. The van der Waals surface area contributed by atoms with Gasteiger partial charge in [0.25, 0.3) is 5.56 Å². The minimum absolute atomic E-state index is 0.146. The molecule has 1 aliphatic rings. The molecule has 2 N–H and O–H groups in total. The first kappa shape index (κ1) is 15.4. The number of para-hydroxylation sites is 1. The Balaban J connectivity index is 2.11. The molecule has 118 valence electrons. The lowest BCUT2D eigenvalue weighted by molar-refractivity contribution is 0.182. The fourth-order valence-electron chi connectivity index (χ4n) is 2.40. The number of aromatic amines is 1. The summed E-state index contributed by atoms with van der Waals surface area (Å²) in [6.07, 6.45) is 3.28. The first-order chi connectivity index (χ1) is 11.1. The number of nitrogens with one attached hydrogen (secondary N) is 1. The van der Waals surface area contributed by atoms with E-state index in [0.29, 0.717) is 13.2 Å². The molecule has 0 spiro atoms. The number of allylic oxidation sites excluding steroid dienone is 1. The lowest BCUT2D eigenvalue weighted by Crippen LogP contribution is -2.18. The summed E-state index contributed by atoms with van der Waals surface area (Å²) in [5.41, 5.74) is 2.22. The molecule has 7 heteroatoms. The van der Waals surface area contributed by atoms with E-state index in [0.717, 1.165) is 16.8 Å². The Morgan fingerprint density at radius 3 is 3.00 bits per heavy atom. The minimum atomic E-state index is -0.438. The highest BCUT2D eigenvalue weighted by atomic mass is 32.1. The van der Waals surface area contributed by atoms with Crippen LogP contribution in [0.4, 0.5) is 5.69 Å². The van der Waals surface area contributed by atoms with Crippen LogP contribution in [-0.2, 0) is 11.3 Å². The summed E-state index contributed by atoms with van der Waals surface area (Å²) < 4.78 is 6.59. The Morgan fingerprint density at radius 2 is 2.22 bits per heavy atom. The number of aromatic hydroxyl groups is 1. The van der Waals surface area contributed by atoms with Crippen LogP contribution in [0.5, 0.6) is 5.88 Å². The zero-order chi connectivity index (χ0) is 16.4. The molecule has 0 saturated heterocycles. The molecule has 0 fully saturated rings. The number of methoxy groups -OCH3 is 1. The van der Waals surface area contributed by atoms with E-state index in [4.69, 9.17) is 17.0 Å². The van der Waals surface area contributed by atoms with Gasteiger partial charge in [-0.25, -0.2) is 0 Å². The first-order valence-electron chi connectivity index (χ1n) is 7.02. The molecule has 1 aromatic heterocycles. The molecule has 1 aliphatic heterocycles. The van der Waals surface area contributed by atoms with E-state index in [2.05, 4.69) is 9.98 Å². The normalized spacial score (nSPS) is 14.4. The van der Waals surface area contributed by atoms with Crippen LogP contribution in [0, 0.1) is 4.77 Å². The average molecular weight is 329 g/mol. The second-order valence-corrected chi connectivity index (χ2v) is 5.40. The summed E-state index contributed by atoms with van der Waals surface area (Å²) >= 11 is 5.09. The van der Waals surface area contributed by atoms with Gasteiger partial charge in [0.1, 0.15) is 5.56 Å². The van der Waals surface area contributed by atoms with Crippen LogP contribution >= 0.6 is 12.2 Å². The maximum Gasteiger partial charge on any atom is 0.262 e. The van der Waals surface area contributed by atoms with Gasteiger partial charge in [-0.2, -0.15) is 0 Å². The van der Waals surface area contributed by atoms with Crippen molar-refractivity contribution < 1.29 is 9.84 Å². The van der Waals surface area contributed by atoms with Gasteiger partial charge < -0.3 is 9.84 Å². The first-order valence-corrected chi connectivity index (χ1v) is 7.43. The van der Waals surface area contributed by atoms with Crippen LogP contribution in [0.25, 0.3) is 11.6 Å². The lowest BCUT2D eigenvalue weighted by Gasteiger charge is -2.11. The summed E-state index contributed by atoms with van der Waals surface area (Å²) in [7, 11) is 1.56. The van der Waals surface area contributed by atoms with E-state index in [9.17, 15) is 9.90 Å². The monoisotopic (exact) mass is 329 g/mol. The van der Waals surface area contributed by atoms with Gasteiger partial charge in [-0.05, 0) is 24.4 Å². The van der Waals surface area contributed by atoms with Crippen molar-refractivity contribution >= 4 is 35.8 Å². The van der Waals surface area contributed by atoms with Crippen molar-refractivity contribution in [2.75, 3.05) is 13.7 Å². The number of rotatable bonds is 4. The van der Waals surface area contributed by atoms with Crippen LogP contribution in [0.2, 0.25) is 0 Å². The van der Waals surface area contributed by atoms with E-state index in [1.807, 2.05) is 24.3 Å². The number of ether oxygens (including phenoxy) is 1. The third-order valence-electron chi connectivity index (χ3n) is 3.58. The zero-order valence-electron chi connectivity index (χ0n) is 12.4. The smallest absolute Gasteiger partial charge is 0.262 e. The summed E-state index contributed by atoms with van der Waals surface area (Å²) in [6.45, 7) is 0.715. The molecule has 0 unspecified atom stereocenters. The van der Waals surface area contributed by atoms with E-state index >= 15 is 0 Å². The van der Waals surface area contributed by atoms with Crippen molar-refractivity contribution in [1.82, 2.24) is 9.55 Å². The zero-order valence-corrected chi connectivity index (χ0v) is 13.3. The van der Waals surface area contributed by atoms with Gasteiger partial charge in [0.05, 0.1) is 18.8 Å². The summed E-state index contributed by atoms with van der Waals surface area (Å²) in [4.78, 5) is 19.0. The second kappa shape index (κ2) is 6.31. The minimum Gasteiger partial charge on any atom is -0.494 e. The molecule has 0 aliphatic carbocycles. The molecule has 3 rings (SSSR count). The highest BCUT2D eigenvalue weighted by molar-refractivity contribution is 7.71. The molecule has 0 amide bonds. The number of hydrogen-bond donors (Lipinski definition) is 2. The van der Waals surface area contributed by atoms with Gasteiger partial charge in [-0.3, -0.25) is 19.3 Å². The fourth-order valence-corrected chi connectivity index (χ4v) is 2.68. The van der Waals surface area contributed by atoms with Crippen LogP contribution in [0.1, 0.15) is 11.1 Å². The second-order valence-electron chi connectivity index (χ2n) is 5.02. The number of aliphatic imine (C=N–C) groups is 1. The van der Waals surface area contributed by atoms with E-state index < -0.39 is 5.56 Å². The van der Waals surface area contributed by atoms with Crippen LogP contribution in [-0.4, -0.2) is 34.6 Å². The van der Waals surface area contributed by atoms with E-state index in [-0.39, 0.29) is 16.2 Å². The van der Waals surface area contributed by atoms with Gasteiger partial charge in [0, 0.05) is 24.5 Å². The number of aromatic nitrogens is 2. The highest BCUT2D eigenvalue weighted by Gasteiger charge is 2.15. The van der Waals surface area contributed by atoms with Gasteiger partial charge in [-0.1, -0.05) is 18.2 Å². The maximum atomic E-state index is 12.2. The molecule has 2 aromatic rings. The Morgan fingerprint density at radius 1 is 1.43 bits per heavy atom. The van der Waals surface area contributed by atoms with Crippen LogP contribution < -0.4 is 5.56 Å². The molecular formula is C16H15N3O3S. The molecule has 2 heterocycles. The molecular weight excluding hydrogens is 314 g/mol. The molecule has 6 nitrogen and oxygen atoms in total. The maximum absolute atomic E-state index is 12.2. The lowest BCUT2D eigenvalue weighted by atomic mass is 10.1. The van der Waals surface area contributed by atoms with Crippen LogP contribution in [0.15, 0.2) is 34.1 Å². The molecule has 0 atom stereocenters. The Bertz CT molecular complexity index is 925. The van der Waals surface area contributed by atoms with Crippen molar-refractivity contribution in [2.24, 2.45) is 4.99 Å². The van der Waals surface area contributed by atoms with E-state index in [1.165, 1.54) is 4.57 Å². The Kier molecular flexibility index (Phi) is 4.22. The largest absolute Gasteiger partial charge is 0.494 e. The van der Waals surface area contributed by atoms with Gasteiger partial charge in [0.15, 0.2) is 4.77 Å². The topological polar surface area (TPSA) is 79.6 Å². The van der Waals surface area contributed by atoms with Crippen molar-refractivity contribution in [1.29, 1.82) is 0 Å². The van der Waals surface area contributed by atoms with Crippen molar-refractivity contribution in [3.63, 3.8) is 0 Å². The Labute approximate surface area is 137 Å². The predicted molar refractivity (Wildman–Crippen MR) is 91.9 cm³/mol. The molecule has 1 aromatic carbocycles. The number of hydrogen-bond acceptors (Lipinski definition) is 5. The molecule has 0 saturated carbocycles. The quantitative estimate of drug-likeness (QED) is 0.845. The van der Waals surface area contributed by atoms with Crippen molar-refractivity contribution in [2.45, 2.75) is 6.54 Å². The van der Waals surface area contributed by atoms with Crippen molar-refractivity contribution in [3.05, 3.63) is 50.5 Å². The summed E-state index contributed by atoms with van der Waals surface area (Å²) in [5, 5.41) is 10.4. The fraction of sp³-hybridized carbons (Fsp3) is 0.188. The van der Waals surface area contributed by atoms with Gasteiger partial charge >= 0.3 is 0 Å². The molecule has 0 bridgehead atoms. The van der Waals surface area contributed by atoms with E-state index in [1.54, 1.807) is 19.4 Å². The summed E-state index contributed by atoms with van der Waals surface area (Å²) in [5.74, 6) is -0.180. The number of nitrogens with zero attached hydrogens (tertiary/aromatic N) is 2. The predicted octanol–water partition coefficient (Wildman–Crippen LogP) is 2.51. The highest BCUT2D eigenvalue weighted by Crippen LogP contribution is 2.32. The van der Waals surface area contributed by atoms with Crippen molar-refractivity contribution in [3.8, 4) is 5.88 Å². The molecule has 23 heavy (non-hydrogen) atoms. The summed E-state index contributed by atoms with van der Waals surface area (Å²) in [6, 6.07) is 7.60. The third-order valence-corrected chi connectivity index (χ3v) is 3.91. The number of benzene rings is 1. The SMILES string of the molecule is COCCn1c(O)c(C=C2C=Nc3ccccc32)c(=O)[nH]c1=S. The van der Waals surface area contributed by atoms with Gasteiger partial charge in [-0.15, -0.1) is 0 Å². The standard InChI is InChI=1S/C16H15N3O3S/c1-22-7-6-19-15(21)12(14(20)18-16(19)23)8-10-9-17-13-5-3-2-4-11(10)13/h2-5,8-9,21H,6-7H2,1H3,(H,18,20,23). The number of H-pyrrole nitrogens is 1. The number of fused-ring (bicyclic) bond motifs is 1. The Hall–Kier alpha value is -2.51. The van der Waals surface area contributed by atoms with Gasteiger partial charge in [0.2, 0.25) is 5.88 Å². The third kappa shape index (κ3) is 2.88. The molecule has 0 radical (unpaired) electrons. The van der Waals surface area contributed by atoms with Crippen LogP contribution in [0.3, 0.4) is 0 Å².